The monoisotopic (exact) mass is 507 g/mol. The van der Waals surface area contributed by atoms with Crippen LogP contribution < -0.4 is 15.0 Å². The van der Waals surface area contributed by atoms with Gasteiger partial charge in [-0.05, 0) is 73.2 Å². The normalized spacial score (nSPS) is 15.6. The quantitative estimate of drug-likeness (QED) is 0.308. The molecule has 6 nitrogen and oxygen atoms in total. The molecule has 5 rings (SSSR count). The van der Waals surface area contributed by atoms with Gasteiger partial charge in [0.25, 0.3) is 0 Å². The Kier molecular flexibility index (Phi) is 6.60. The molecule has 1 atom stereocenters. The highest BCUT2D eigenvalue weighted by molar-refractivity contribution is 6.03. The molecule has 0 aliphatic carbocycles. The summed E-state index contributed by atoms with van der Waals surface area (Å²) < 4.78 is 47.6. The molecular formula is C28H24F3N3O3. The molecule has 0 saturated heterocycles. The minimum Gasteiger partial charge on any atom is -0.444 e. The summed E-state index contributed by atoms with van der Waals surface area (Å²) in [7, 11) is 0. The molecular weight excluding hydrogens is 483 g/mol. The van der Waals surface area contributed by atoms with Gasteiger partial charge in [-0.25, -0.2) is 9.78 Å². The molecule has 1 aliphatic rings. The minimum absolute atomic E-state index is 0.0890. The van der Waals surface area contributed by atoms with Gasteiger partial charge in [-0.3, -0.25) is 4.90 Å². The number of carbonyl (C=O) groups is 1. The summed E-state index contributed by atoms with van der Waals surface area (Å²) in [6, 6.07) is 18.4. The molecule has 4 aromatic rings. The average molecular weight is 508 g/mol. The van der Waals surface area contributed by atoms with Crippen molar-refractivity contribution in [1.82, 2.24) is 4.98 Å². The molecule has 0 bridgehead atoms. The number of rotatable bonds is 4. The number of aryl methyl sites for hydroxylation is 1. The lowest BCUT2D eigenvalue weighted by Crippen LogP contribution is -2.41. The van der Waals surface area contributed by atoms with Crippen LogP contribution in [0.2, 0.25) is 0 Å². The van der Waals surface area contributed by atoms with E-state index in [1.165, 1.54) is 24.6 Å². The maximum absolute atomic E-state index is 13.6. The number of alkyl halides is 3. The van der Waals surface area contributed by atoms with Crippen LogP contribution in [0.3, 0.4) is 0 Å². The summed E-state index contributed by atoms with van der Waals surface area (Å²) >= 11 is 0. The van der Waals surface area contributed by atoms with Gasteiger partial charge in [0.05, 0.1) is 6.20 Å². The molecule has 3 aromatic carbocycles. The lowest BCUT2D eigenvalue weighted by atomic mass is 10.00. The largest absolute Gasteiger partial charge is 0.573 e. The Bertz CT molecular complexity index is 1400. The second-order valence-electron chi connectivity index (χ2n) is 8.91. The Balaban J connectivity index is 1.46. The van der Waals surface area contributed by atoms with E-state index >= 15 is 0 Å². The third kappa shape index (κ3) is 5.61. The maximum Gasteiger partial charge on any atom is 0.573 e. The molecule has 37 heavy (non-hydrogen) atoms. The molecule has 0 saturated carbocycles. The number of fused-ring (bicyclic) bond motifs is 1. The molecule has 190 valence electrons. The van der Waals surface area contributed by atoms with Gasteiger partial charge in [0.1, 0.15) is 5.75 Å². The first kappa shape index (κ1) is 24.4. The van der Waals surface area contributed by atoms with E-state index in [0.717, 1.165) is 36.1 Å². The topological polar surface area (TPSA) is 67.6 Å². The predicted molar refractivity (Wildman–Crippen MR) is 134 cm³/mol. The summed E-state index contributed by atoms with van der Waals surface area (Å²) in [5.74, 6) is 0.292. The van der Waals surface area contributed by atoms with Crippen LogP contribution in [0.25, 0.3) is 22.5 Å². The van der Waals surface area contributed by atoms with Gasteiger partial charge in [0, 0.05) is 23.0 Å². The van der Waals surface area contributed by atoms with E-state index in [1.807, 2.05) is 43.3 Å². The van der Waals surface area contributed by atoms with Gasteiger partial charge >= 0.3 is 12.4 Å². The second-order valence-corrected chi connectivity index (χ2v) is 8.91. The first-order chi connectivity index (χ1) is 17.8. The van der Waals surface area contributed by atoms with Crippen LogP contribution in [0.5, 0.6) is 5.75 Å². The van der Waals surface area contributed by atoms with E-state index < -0.39 is 6.36 Å². The number of urea groups is 1. The molecule has 1 N–H and O–H groups in total. The standard InChI is InChI=1S/C28H24F3N3O3/c1-18-5-2-6-19-11-12-21(20-7-4-10-24(14-20)37-28(29,30)31)15-25(19)34(18)27(35)33-23-9-3-8-22(13-23)26-16-32-17-36-26/h3-4,7-18H,2,5-6H2,1H3,(H,33,35)/t18-/m1/s1. The van der Waals surface area contributed by atoms with Crippen molar-refractivity contribution in [2.24, 2.45) is 0 Å². The molecule has 0 spiro atoms. The van der Waals surface area contributed by atoms with Gasteiger partial charge in [-0.15, -0.1) is 13.2 Å². The molecule has 1 aliphatic heterocycles. The zero-order chi connectivity index (χ0) is 26.0. The SMILES string of the molecule is C[C@@H]1CCCc2ccc(-c3cccc(OC(F)(F)F)c3)cc2N1C(=O)Nc1cccc(-c2cnco2)c1. The van der Waals surface area contributed by atoms with E-state index in [2.05, 4.69) is 15.0 Å². The lowest BCUT2D eigenvalue weighted by molar-refractivity contribution is -0.274. The third-order valence-electron chi connectivity index (χ3n) is 6.30. The number of carbonyl (C=O) groups excluding carboxylic acids is 1. The number of hydrogen-bond donors (Lipinski definition) is 1. The van der Waals surface area contributed by atoms with E-state index in [9.17, 15) is 18.0 Å². The molecule has 0 fully saturated rings. The zero-order valence-corrected chi connectivity index (χ0v) is 20.0. The fourth-order valence-electron chi connectivity index (χ4n) is 4.61. The van der Waals surface area contributed by atoms with Crippen molar-refractivity contribution in [3.63, 3.8) is 0 Å². The maximum atomic E-state index is 13.6. The number of halogens is 3. The fraction of sp³-hybridized carbons (Fsp3) is 0.214. The fourth-order valence-corrected chi connectivity index (χ4v) is 4.61. The van der Waals surface area contributed by atoms with Crippen molar-refractivity contribution >= 4 is 17.4 Å². The van der Waals surface area contributed by atoms with Crippen LogP contribution >= 0.6 is 0 Å². The second kappa shape index (κ2) is 10.0. The number of aromatic nitrogens is 1. The Morgan fingerprint density at radius 3 is 2.62 bits per heavy atom. The highest BCUT2D eigenvalue weighted by atomic mass is 19.4. The van der Waals surface area contributed by atoms with Crippen LogP contribution in [0.1, 0.15) is 25.3 Å². The van der Waals surface area contributed by atoms with Gasteiger partial charge in [0.2, 0.25) is 0 Å². The number of amides is 2. The van der Waals surface area contributed by atoms with E-state index in [4.69, 9.17) is 4.42 Å². The first-order valence-corrected chi connectivity index (χ1v) is 11.8. The zero-order valence-electron chi connectivity index (χ0n) is 20.0. The molecule has 2 heterocycles. The van der Waals surface area contributed by atoms with Crippen molar-refractivity contribution in [2.75, 3.05) is 10.2 Å². The third-order valence-corrected chi connectivity index (χ3v) is 6.30. The summed E-state index contributed by atoms with van der Waals surface area (Å²) in [6.07, 6.45) is 0.685. The van der Waals surface area contributed by atoms with Crippen LogP contribution in [-0.2, 0) is 6.42 Å². The minimum atomic E-state index is -4.78. The summed E-state index contributed by atoms with van der Waals surface area (Å²) in [5.41, 5.74) is 4.36. The predicted octanol–water partition coefficient (Wildman–Crippen LogP) is 7.67. The molecule has 2 amide bonds. The number of benzene rings is 3. The summed E-state index contributed by atoms with van der Waals surface area (Å²) in [4.78, 5) is 19.2. The number of ether oxygens (including phenoxy) is 1. The van der Waals surface area contributed by atoms with Crippen molar-refractivity contribution in [2.45, 2.75) is 38.6 Å². The number of anilines is 2. The van der Waals surface area contributed by atoms with Crippen molar-refractivity contribution < 1.29 is 27.1 Å². The summed E-state index contributed by atoms with van der Waals surface area (Å²) in [6.45, 7) is 1.99. The van der Waals surface area contributed by atoms with Crippen molar-refractivity contribution in [1.29, 1.82) is 0 Å². The van der Waals surface area contributed by atoms with Gasteiger partial charge in [-0.2, -0.15) is 0 Å². The van der Waals surface area contributed by atoms with Crippen molar-refractivity contribution in [3.8, 4) is 28.2 Å². The number of hydrogen-bond acceptors (Lipinski definition) is 4. The Morgan fingerprint density at radius 2 is 1.84 bits per heavy atom. The van der Waals surface area contributed by atoms with Crippen LogP contribution in [0.4, 0.5) is 29.3 Å². The first-order valence-electron chi connectivity index (χ1n) is 11.8. The summed E-state index contributed by atoms with van der Waals surface area (Å²) in [5, 5.41) is 2.99. The molecule has 1 aromatic heterocycles. The van der Waals surface area contributed by atoms with Crippen molar-refractivity contribution in [3.05, 3.63) is 84.9 Å². The van der Waals surface area contributed by atoms with Crippen LogP contribution in [-0.4, -0.2) is 23.4 Å². The van der Waals surface area contributed by atoms with Crippen LogP contribution in [0.15, 0.2) is 83.7 Å². The van der Waals surface area contributed by atoms with Crippen LogP contribution in [0, 0.1) is 0 Å². The number of oxazole rings is 1. The Labute approximate surface area is 211 Å². The van der Waals surface area contributed by atoms with Gasteiger partial charge in [0.15, 0.2) is 12.2 Å². The smallest absolute Gasteiger partial charge is 0.444 e. The molecule has 0 unspecified atom stereocenters. The highest BCUT2D eigenvalue weighted by Crippen LogP contribution is 2.36. The van der Waals surface area contributed by atoms with Gasteiger partial charge in [-0.1, -0.05) is 36.4 Å². The number of nitrogens with zero attached hydrogens (tertiary/aromatic N) is 2. The molecule has 0 radical (unpaired) electrons. The average Bonchev–Trinajstić information content (AvgIpc) is 3.34. The van der Waals surface area contributed by atoms with Gasteiger partial charge < -0.3 is 14.5 Å². The highest BCUT2D eigenvalue weighted by Gasteiger charge is 2.31. The number of nitrogens with one attached hydrogen (secondary N) is 1. The molecule has 9 heteroatoms. The van der Waals surface area contributed by atoms with E-state index in [1.54, 1.807) is 23.2 Å². The Hall–Kier alpha value is -4.27. The van der Waals surface area contributed by atoms with E-state index in [0.29, 0.717) is 22.6 Å². The lowest BCUT2D eigenvalue weighted by Gasteiger charge is -2.29. The Morgan fingerprint density at radius 1 is 1.05 bits per heavy atom. The van der Waals surface area contributed by atoms with E-state index in [-0.39, 0.29) is 17.8 Å².